The first-order valence-electron chi connectivity index (χ1n) is 8.41. The summed E-state index contributed by atoms with van der Waals surface area (Å²) in [4.78, 5) is 25.9. The van der Waals surface area contributed by atoms with Crippen LogP contribution in [0.3, 0.4) is 0 Å². The van der Waals surface area contributed by atoms with Gasteiger partial charge in [-0.2, -0.15) is 0 Å². The van der Waals surface area contributed by atoms with E-state index in [1.54, 1.807) is 6.07 Å². The van der Waals surface area contributed by atoms with E-state index in [0.29, 0.717) is 12.2 Å². The van der Waals surface area contributed by atoms with Crippen molar-refractivity contribution < 1.29 is 24.2 Å². The second kappa shape index (κ2) is 7.27. The SMILES string of the molecule is CC(C)(Cc1c[nH]c2c(OCC(=O)O)cccc12)NC(=O)OC(C)(C)C. The highest BCUT2D eigenvalue weighted by molar-refractivity contribution is 5.88. The zero-order chi connectivity index (χ0) is 19.5. The topological polar surface area (TPSA) is 101 Å². The minimum absolute atomic E-state index is 0.404. The molecule has 3 N–H and O–H groups in total. The number of fused-ring (bicyclic) bond motifs is 1. The summed E-state index contributed by atoms with van der Waals surface area (Å²) in [5.41, 5.74) is 0.630. The van der Waals surface area contributed by atoms with Crippen LogP contribution in [-0.4, -0.2) is 39.9 Å². The van der Waals surface area contributed by atoms with Gasteiger partial charge in [-0.1, -0.05) is 12.1 Å². The molecule has 0 unspecified atom stereocenters. The van der Waals surface area contributed by atoms with Crippen LogP contribution in [0.5, 0.6) is 5.75 Å². The number of carboxylic acid groups (broad SMARTS) is 1. The second-order valence-electron chi connectivity index (χ2n) is 7.86. The number of H-pyrrole nitrogens is 1. The maximum absolute atomic E-state index is 12.1. The number of carbonyl (C=O) groups excluding carboxylic acids is 1. The Balaban J connectivity index is 2.16. The van der Waals surface area contributed by atoms with E-state index in [1.165, 1.54) is 0 Å². The van der Waals surface area contributed by atoms with Crippen LogP contribution in [0.4, 0.5) is 4.79 Å². The number of carbonyl (C=O) groups is 2. The summed E-state index contributed by atoms with van der Waals surface area (Å²) >= 11 is 0. The van der Waals surface area contributed by atoms with Crippen molar-refractivity contribution in [2.45, 2.75) is 52.2 Å². The van der Waals surface area contributed by atoms with Crippen molar-refractivity contribution in [3.8, 4) is 5.75 Å². The van der Waals surface area contributed by atoms with E-state index in [0.717, 1.165) is 16.5 Å². The fourth-order valence-electron chi connectivity index (χ4n) is 2.69. The lowest BCUT2D eigenvalue weighted by Gasteiger charge is -2.28. The number of aliphatic carboxylic acids is 1. The molecule has 1 aromatic heterocycles. The summed E-state index contributed by atoms with van der Waals surface area (Å²) in [6.45, 7) is 8.88. The Morgan fingerprint density at radius 2 is 1.88 bits per heavy atom. The average Bonchev–Trinajstić information content (AvgIpc) is 2.85. The Morgan fingerprint density at radius 3 is 2.50 bits per heavy atom. The van der Waals surface area contributed by atoms with E-state index in [1.807, 2.05) is 52.9 Å². The van der Waals surface area contributed by atoms with E-state index in [-0.39, 0.29) is 0 Å². The molecule has 0 fully saturated rings. The molecule has 0 saturated carbocycles. The fourth-order valence-corrected chi connectivity index (χ4v) is 2.69. The number of nitrogens with one attached hydrogen (secondary N) is 2. The van der Waals surface area contributed by atoms with Crippen molar-refractivity contribution in [1.29, 1.82) is 0 Å². The van der Waals surface area contributed by atoms with E-state index >= 15 is 0 Å². The molecule has 26 heavy (non-hydrogen) atoms. The highest BCUT2D eigenvalue weighted by atomic mass is 16.6. The quantitative estimate of drug-likeness (QED) is 0.730. The van der Waals surface area contributed by atoms with Crippen LogP contribution in [0, 0.1) is 0 Å². The van der Waals surface area contributed by atoms with Crippen LogP contribution < -0.4 is 10.1 Å². The molecule has 142 valence electrons. The van der Waals surface area contributed by atoms with Crippen LogP contribution in [-0.2, 0) is 16.0 Å². The van der Waals surface area contributed by atoms with Crippen molar-refractivity contribution in [1.82, 2.24) is 10.3 Å². The summed E-state index contributed by atoms with van der Waals surface area (Å²) in [5.74, 6) is -0.550. The average molecular weight is 362 g/mol. The number of hydrogen-bond acceptors (Lipinski definition) is 4. The van der Waals surface area contributed by atoms with Gasteiger partial charge in [0.15, 0.2) is 6.61 Å². The minimum Gasteiger partial charge on any atom is -0.480 e. The first kappa shape index (κ1) is 19.6. The molecule has 0 aliphatic carbocycles. The Labute approximate surface area is 152 Å². The summed E-state index contributed by atoms with van der Waals surface area (Å²) < 4.78 is 10.6. The number of carboxylic acids is 1. The van der Waals surface area contributed by atoms with Crippen LogP contribution in [0.1, 0.15) is 40.2 Å². The Kier molecular flexibility index (Phi) is 5.49. The van der Waals surface area contributed by atoms with Crippen LogP contribution >= 0.6 is 0 Å². The standard InChI is InChI=1S/C19H26N2O5/c1-18(2,3)26-17(24)21-19(4,5)9-12-10-20-16-13(12)7-6-8-14(16)25-11-15(22)23/h6-8,10,20H,9,11H2,1-5H3,(H,21,24)(H,22,23). The molecule has 0 bridgehead atoms. The summed E-state index contributed by atoms with van der Waals surface area (Å²) in [6, 6.07) is 5.46. The van der Waals surface area contributed by atoms with Crippen molar-refractivity contribution in [3.63, 3.8) is 0 Å². The van der Waals surface area contributed by atoms with E-state index < -0.39 is 29.8 Å². The third-order valence-electron chi connectivity index (χ3n) is 3.59. The Hall–Kier alpha value is -2.70. The van der Waals surface area contributed by atoms with Gasteiger partial charge in [-0.25, -0.2) is 9.59 Å². The van der Waals surface area contributed by atoms with E-state index in [2.05, 4.69) is 10.3 Å². The molecule has 0 saturated heterocycles. The van der Waals surface area contributed by atoms with Crippen molar-refractivity contribution >= 4 is 23.0 Å². The maximum Gasteiger partial charge on any atom is 0.408 e. The predicted molar refractivity (Wildman–Crippen MR) is 98.6 cm³/mol. The second-order valence-corrected chi connectivity index (χ2v) is 7.86. The van der Waals surface area contributed by atoms with Gasteiger partial charge in [-0.3, -0.25) is 0 Å². The van der Waals surface area contributed by atoms with Gasteiger partial charge in [0.05, 0.1) is 5.52 Å². The first-order valence-corrected chi connectivity index (χ1v) is 8.41. The predicted octanol–water partition coefficient (Wildman–Crippen LogP) is 3.48. The molecule has 1 heterocycles. The number of para-hydroxylation sites is 1. The highest BCUT2D eigenvalue weighted by Crippen LogP contribution is 2.29. The van der Waals surface area contributed by atoms with Gasteiger partial charge in [0.1, 0.15) is 11.4 Å². The Morgan fingerprint density at radius 1 is 1.19 bits per heavy atom. The summed E-state index contributed by atoms with van der Waals surface area (Å²) in [6.07, 6.45) is 1.94. The van der Waals surface area contributed by atoms with Crippen LogP contribution in [0.25, 0.3) is 10.9 Å². The number of hydrogen-bond donors (Lipinski definition) is 3. The van der Waals surface area contributed by atoms with Gasteiger partial charge in [-0.05, 0) is 52.7 Å². The minimum atomic E-state index is -1.03. The number of amides is 1. The number of rotatable bonds is 6. The Bertz CT molecular complexity index is 802. The smallest absolute Gasteiger partial charge is 0.408 e. The number of ether oxygens (including phenoxy) is 2. The molecule has 7 heteroatoms. The van der Waals surface area contributed by atoms with Crippen LogP contribution in [0.15, 0.2) is 24.4 Å². The highest BCUT2D eigenvalue weighted by Gasteiger charge is 2.26. The molecule has 2 rings (SSSR count). The molecule has 7 nitrogen and oxygen atoms in total. The van der Waals surface area contributed by atoms with Gasteiger partial charge < -0.3 is 24.9 Å². The molecular weight excluding hydrogens is 336 g/mol. The molecule has 0 radical (unpaired) electrons. The molecule has 0 atom stereocenters. The largest absolute Gasteiger partial charge is 0.480 e. The van der Waals surface area contributed by atoms with E-state index in [4.69, 9.17) is 14.6 Å². The first-order chi connectivity index (χ1) is 12.0. The monoisotopic (exact) mass is 362 g/mol. The van der Waals surface area contributed by atoms with E-state index in [9.17, 15) is 9.59 Å². The van der Waals surface area contributed by atoms with Gasteiger partial charge in [-0.15, -0.1) is 0 Å². The summed E-state index contributed by atoms with van der Waals surface area (Å²) in [5, 5.41) is 12.6. The molecule has 0 aliphatic heterocycles. The molecule has 1 aromatic carbocycles. The number of aromatic amines is 1. The number of benzene rings is 1. The van der Waals surface area contributed by atoms with Gasteiger partial charge in [0.25, 0.3) is 0 Å². The maximum atomic E-state index is 12.1. The molecule has 1 amide bonds. The zero-order valence-corrected chi connectivity index (χ0v) is 15.8. The lowest BCUT2D eigenvalue weighted by molar-refractivity contribution is -0.139. The fraction of sp³-hybridized carbons (Fsp3) is 0.474. The van der Waals surface area contributed by atoms with Gasteiger partial charge in [0, 0.05) is 17.1 Å². The number of aromatic nitrogens is 1. The molecule has 0 spiro atoms. The molecule has 2 aromatic rings. The van der Waals surface area contributed by atoms with Crippen molar-refractivity contribution in [2.75, 3.05) is 6.61 Å². The lowest BCUT2D eigenvalue weighted by Crippen LogP contribution is -2.47. The third kappa shape index (κ3) is 5.40. The zero-order valence-electron chi connectivity index (χ0n) is 15.8. The normalized spacial score (nSPS) is 12.0. The third-order valence-corrected chi connectivity index (χ3v) is 3.59. The van der Waals surface area contributed by atoms with Crippen LogP contribution in [0.2, 0.25) is 0 Å². The summed E-state index contributed by atoms with van der Waals surface area (Å²) in [7, 11) is 0. The molecule has 0 aliphatic rings. The van der Waals surface area contributed by atoms with Crippen molar-refractivity contribution in [2.24, 2.45) is 0 Å². The lowest BCUT2D eigenvalue weighted by atomic mass is 9.95. The van der Waals surface area contributed by atoms with Gasteiger partial charge in [0.2, 0.25) is 0 Å². The van der Waals surface area contributed by atoms with Crippen molar-refractivity contribution in [3.05, 3.63) is 30.0 Å². The van der Waals surface area contributed by atoms with Gasteiger partial charge >= 0.3 is 12.1 Å². The molecular formula is C19H26N2O5. The number of alkyl carbamates (subject to hydrolysis) is 1.